The number of hydrogen-bond donors (Lipinski definition) is 1. The van der Waals surface area contributed by atoms with Crippen LogP contribution in [0.4, 0.5) is 0 Å². The molecule has 0 aromatic rings. The second-order valence-corrected chi connectivity index (χ2v) is 3.45. The molecule has 3 nitrogen and oxygen atoms in total. The highest BCUT2D eigenvalue weighted by molar-refractivity contribution is 8.00. The zero-order chi connectivity index (χ0) is 8.10. The van der Waals surface area contributed by atoms with E-state index in [0.717, 1.165) is 12.2 Å². The molecule has 0 aromatic heterocycles. The molecule has 0 fully saturated rings. The molecule has 0 spiro atoms. The number of ether oxygens (including phenoxy) is 1. The molecular weight excluding hydrogens is 162 g/mol. The van der Waals surface area contributed by atoms with Gasteiger partial charge in [-0.25, -0.2) is 0 Å². The second kappa shape index (κ2) is 4.41. The first-order valence-electron chi connectivity index (χ1n) is 3.53. The highest BCUT2D eigenvalue weighted by Crippen LogP contribution is 2.19. The normalized spacial score (nSPS) is 22.3. The summed E-state index contributed by atoms with van der Waals surface area (Å²) < 4.78 is 4.62. The fourth-order valence-electron chi connectivity index (χ4n) is 0.741. The minimum atomic E-state index is -0.160. The van der Waals surface area contributed by atoms with Gasteiger partial charge in [-0.3, -0.25) is 4.79 Å². The zero-order valence-corrected chi connectivity index (χ0v) is 6.97. The molecule has 0 saturated heterocycles. The van der Waals surface area contributed by atoms with Crippen LogP contribution in [-0.2, 0) is 9.53 Å². The lowest BCUT2D eigenvalue weighted by Crippen LogP contribution is -2.11. The molecule has 2 N–H and O–H groups in total. The minimum absolute atomic E-state index is 0.0958. The Kier molecular flexibility index (Phi) is 3.45. The van der Waals surface area contributed by atoms with Crippen molar-refractivity contribution in [2.75, 3.05) is 12.3 Å². The Bertz CT molecular complexity index is 170. The van der Waals surface area contributed by atoms with Crippen molar-refractivity contribution < 1.29 is 9.53 Å². The van der Waals surface area contributed by atoms with Crippen molar-refractivity contribution >= 4 is 17.7 Å². The number of carbonyl (C=O) groups is 1. The lowest BCUT2D eigenvalue weighted by atomic mass is 10.4. The summed E-state index contributed by atoms with van der Waals surface area (Å²) >= 11 is 1.58. The first-order valence-corrected chi connectivity index (χ1v) is 4.58. The van der Waals surface area contributed by atoms with Gasteiger partial charge < -0.3 is 10.5 Å². The van der Waals surface area contributed by atoms with Crippen molar-refractivity contribution in [1.29, 1.82) is 0 Å². The quantitative estimate of drug-likeness (QED) is 0.497. The summed E-state index contributed by atoms with van der Waals surface area (Å²) in [6.45, 7) is 0.679. The highest BCUT2D eigenvalue weighted by atomic mass is 32.2. The maximum Gasteiger partial charge on any atom is 0.327 e. The molecule has 62 valence electrons. The molecule has 0 amide bonds. The van der Waals surface area contributed by atoms with Gasteiger partial charge in [-0.1, -0.05) is 0 Å². The van der Waals surface area contributed by atoms with E-state index in [1.807, 2.05) is 0 Å². The third-order valence-corrected chi connectivity index (χ3v) is 2.55. The van der Waals surface area contributed by atoms with Crippen LogP contribution in [0.3, 0.4) is 0 Å². The zero-order valence-electron chi connectivity index (χ0n) is 6.16. The molecule has 1 atom stereocenters. The number of nitrogens with two attached hydrogens (primary N) is 1. The van der Waals surface area contributed by atoms with Crippen LogP contribution in [0.1, 0.15) is 6.42 Å². The summed E-state index contributed by atoms with van der Waals surface area (Å²) in [4.78, 5) is 10.8. The van der Waals surface area contributed by atoms with Gasteiger partial charge >= 0.3 is 5.97 Å². The van der Waals surface area contributed by atoms with Gasteiger partial charge in [0, 0.05) is 0 Å². The number of cyclic esters (lactones) is 1. The van der Waals surface area contributed by atoms with Crippen LogP contribution in [0.25, 0.3) is 0 Å². The SMILES string of the molecule is NCCCSC1C=COC1=O. The smallest absolute Gasteiger partial charge is 0.327 e. The number of rotatable bonds is 4. The molecule has 0 radical (unpaired) electrons. The van der Waals surface area contributed by atoms with E-state index in [4.69, 9.17) is 5.73 Å². The molecule has 0 saturated carbocycles. The molecule has 1 aliphatic rings. The van der Waals surface area contributed by atoms with Crippen molar-refractivity contribution in [3.8, 4) is 0 Å². The van der Waals surface area contributed by atoms with Crippen LogP contribution in [-0.4, -0.2) is 23.5 Å². The highest BCUT2D eigenvalue weighted by Gasteiger charge is 2.20. The molecular formula is C7H11NO2S. The lowest BCUT2D eigenvalue weighted by molar-refractivity contribution is -0.134. The summed E-state index contributed by atoms with van der Waals surface area (Å²) in [5, 5.41) is -0.0958. The van der Waals surface area contributed by atoms with Crippen LogP contribution < -0.4 is 5.73 Å². The van der Waals surface area contributed by atoms with E-state index in [0.29, 0.717) is 6.54 Å². The molecule has 0 bridgehead atoms. The van der Waals surface area contributed by atoms with Gasteiger partial charge in [0.1, 0.15) is 5.25 Å². The molecule has 0 aromatic carbocycles. The van der Waals surface area contributed by atoms with Crippen LogP contribution in [0.2, 0.25) is 0 Å². The molecule has 4 heteroatoms. The van der Waals surface area contributed by atoms with E-state index in [9.17, 15) is 4.79 Å². The summed E-state index contributed by atoms with van der Waals surface area (Å²) in [7, 11) is 0. The van der Waals surface area contributed by atoms with E-state index in [2.05, 4.69) is 4.74 Å². The average Bonchev–Trinajstić information content (AvgIpc) is 2.37. The fraction of sp³-hybridized carbons (Fsp3) is 0.571. The van der Waals surface area contributed by atoms with Crippen LogP contribution in [0, 0.1) is 0 Å². The van der Waals surface area contributed by atoms with Crippen LogP contribution >= 0.6 is 11.8 Å². The van der Waals surface area contributed by atoms with Crippen LogP contribution in [0.5, 0.6) is 0 Å². The average molecular weight is 173 g/mol. The van der Waals surface area contributed by atoms with Crippen molar-refractivity contribution in [3.63, 3.8) is 0 Å². The Morgan fingerprint density at radius 1 is 1.73 bits per heavy atom. The summed E-state index contributed by atoms with van der Waals surface area (Å²) in [6, 6.07) is 0. The predicted molar refractivity (Wildman–Crippen MR) is 45.1 cm³/mol. The maximum absolute atomic E-state index is 10.8. The van der Waals surface area contributed by atoms with Crippen molar-refractivity contribution in [3.05, 3.63) is 12.3 Å². The molecule has 1 unspecified atom stereocenters. The van der Waals surface area contributed by atoms with Gasteiger partial charge in [0.2, 0.25) is 0 Å². The first-order chi connectivity index (χ1) is 5.34. The van der Waals surface area contributed by atoms with Gasteiger partial charge in [-0.15, -0.1) is 11.8 Å². The first kappa shape index (κ1) is 8.62. The Morgan fingerprint density at radius 2 is 2.55 bits per heavy atom. The molecule has 11 heavy (non-hydrogen) atoms. The number of esters is 1. The molecule has 0 aliphatic carbocycles. The van der Waals surface area contributed by atoms with E-state index in [1.165, 1.54) is 6.26 Å². The summed E-state index contributed by atoms with van der Waals surface area (Å²) in [5.74, 6) is 0.757. The number of thioether (sulfide) groups is 1. The summed E-state index contributed by atoms with van der Waals surface area (Å²) in [5.41, 5.74) is 5.30. The standard InChI is InChI=1S/C7H11NO2S/c8-3-1-5-11-6-2-4-10-7(6)9/h2,4,6H,1,3,5,8H2. The van der Waals surface area contributed by atoms with E-state index < -0.39 is 0 Å². The third kappa shape index (κ3) is 2.55. The second-order valence-electron chi connectivity index (χ2n) is 2.20. The molecule has 1 aliphatic heterocycles. The third-order valence-electron chi connectivity index (χ3n) is 1.32. The maximum atomic E-state index is 10.8. The van der Waals surface area contributed by atoms with Gasteiger partial charge in [0.15, 0.2) is 0 Å². The minimum Gasteiger partial charge on any atom is -0.434 e. The van der Waals surface area contributed by atoms with E-state index in [-0.39, 0.29) is 11.2 Å². The van der Waals surface area contributed by atoms with E-state index >= 15 is 0 Å². The fourth-order valence-corrected chi connectivity index (χ4v) is 1.69. The van der Waals surface area contributed by atoms with E-state index in [1.54, 1.807) is 17.8 Å². The molecule has 1 heterocycles. The van der Waals surface area contributed by atoms with Crippen molar-refractivity contribution in [1.82, 2.24) is 0 Å². The van der Waals surface area contributed by atoms with Gasteiger partial charge in [0.25, 0.3) is 0 Å². The largest absolute Gasteiger partial charge is 0.434 e. The topological polar surface area (TPSA) is 52.3 Å². The number of hydrogen-bond acceptors (Lipinski definition) is 4. The van der Waals surface area contributed by atoms with Crippen molar-refractivity contribution in [2.45, 2.75) is 11.7 Å². The van der Waals surface area contributed by atoms with Gasteiger partial charge in [-0.2, -0.15) is 0 Å². The number of carbonyl (C=O) groups excluding carboxylic acids is 1. The monoisotopic (exact) mass is 173 g/mol. The summed E-state index contributed by atoms with van der Waals surface area (Å²) in [6.07, 6.45) is 4.16. The Hall–Kier alpha value is -0.480. The Labute approximate surface area is 70.0 Å². The lowest BCUT2D eigenvalue weighted by Gasteiger charge is -2.02. The van der Waals surface area contributed by atoms with Crippen molar-refractivity contribution in [2.24, 2.45) is 5.73 Å². The predicted octanol–water partition coefficient (Wildman–Crippen LogP) is 0.508. The van der Waals surface area contributed by atoms with Crippen LogP contribution in [0.15, 0.2) is 12.3 Å². The van der Waals surface area contributed by atoms with Gasteiger partial charge in [-0.05, 0) is 24.8 Å². The molecule has 1 rings (SSSR count). The Balaban J connectivity index is 2.15. The Morgan fingerprint density at radius 3 is 3.09 bits per heavy atom. The van der Waals surface area contributed by atoms with Gasteiger partial charge in [0.05, 0.1) is 6.26 Å².